The van der Waals surface area contributed by atoms with Gasteiger partial charge < -0.3 is 5.32 Å². The van der Waals surface area contributed by atoms with E-state index in [0.717, 1.165) is 35.4 Å². The highest BCUT2D eigenvalue weighted by Crippen LogP contribution is 2.32. The van der Waals surface area contributed by atoms with Crippen LogP contribution in [0.2, 0.25) is 0 Å². The zero-order chi connectivity index (χ0) is 13.8. The monoisotopic (exact) mass is 305 g/mol. The van der Waals surface area contributed by atoms with Crippen molar-refractivity contribution >= 4 is 23.1 Å². The molecule has 0 saturated heterocycles. The molecule has 1 aromatic heterocycles. The number of rotatable bonds is 7. The van der Waals surface area contributed by atoms with Gasteiger partial charge in [0.2, 0.25) is 0 Å². The second kappa shape index (κ2) is 6.70. The van der Waals surface area contributed by atoms with Crippen LogP contribution < -0.4 is 5.32 Å². The van der Waals surface area contributed by atoms with E-state index >= 15 is 0 Å². The number of thioether (sulfide) groups is 1. The van der Waals surface area contributed by atoms with E-state index in [1.54, 1.807) is 23.1 Å². The third-order valence-corrected chi connectivity index (χ3v) is 5.19. The van der Waals surface area contributed by atoms with Gasteiger partial charge in [0.15, 0.2) is 0 Å². The van der Waals surface area contributed by atoms with Crippen LogP contribution in [0.25, 0.3) is 10.6 Å². The lowest BCUT2D eigenvalue weighted by atomic mass is 10.2. The molecule has 1 aliphatic rings. The summed E-state index contributed by atoms with van der Waals surface area (Å²) in [5, 5.41) is 14.4. The van der Waals surface area contributed by atoms with Gasteiger partial charge in [-0.2, -0.15) is 0 Å². The molecule has 3 rings (SSSR count). The summed E-state index contributed by atoms with van der Waals surface area (Å²) in [6.45, 7) is 1.10. The van der Waals surface area contributed by atoms with E-state index in [0.29, 0.717) is 0 Å². The molecule has 0 bridgehead atoms. The van der Waals surface area contributed by atoms with Gasteiger partial charge in [-0.1, -0.05) is 29.5 Å². The Labute approximate surface area is 128 Å². The molecule has 106 valence electrons. The van der Waals surface area contributed by atoms with Crippen molar-refractivity contribution in [3.63, 3.8) is 0 Å². The Hall–Kier alpha value is -0.910. The van der Waals surface area contributed by atoms with E-state index in [9.17, 15) is 0 Å². The van der Waals surface area contributed by atoms with Gasteiger partial charge in [-0.15, -0.1) is 22.0 Å². The standard InChI is InChI=1S/C15H19N3S2/c1-19-13-6-3-2-5-12(13)15-18-17-14(20-15)7-4-10-16-11-8-9-11/h2-3,5-6,11,16H,4,7-10H2,1H3. The normalized spacial score (nSPS) is 14.7. The Morgan fingerprint density at radius 3 is 2.95 bits per heavy atom. The number of benzene rings is 1. The minimum atomic E-state index is 0.799. The van der Waals surface area contributed by atoms with Crippen LogP contribution in [0.1, 0.15) is 24.3 Å². The topological polar surface area (TPSA) is 37.8 Å². The first-order chi connectivity index (χ1) is 9.86. The van der Waals surface area contributed by atoms with Crippen molar-refractivity contribution in [1.82, 2.24) is 15.5 Å². The van der Waals surface area contributed by atoms with Crippen LogP contribution in [-0.2, 0) is 6.42 Å². The first kappa shape index (κ1) is 14.0. The molecule has 0 radical (unpaired) electrons. The minimum absolute atomic E-state index is 0.799. The van der Waals surface area contributed by atoms with E-state index in [4.69, 9.17) is 0 Å². The summed E-state index contributed by atoms with van der Waals surface area (Å²) >= 11 is 3.49. The van der Waals surface area contributed by atoms with Crippen LogP contribution in [0, 0.1) is 0 Å². The summed E-state index contributed by atoms with van der Waals surface area (Å²) in [5.41, 5.74) is 1.21. The van der Waals surface area contributed by atoms with Crippen LogP contribution >= 0.6 is 23.1 Å². The average molecular weight is 305 g/mol. The molecular weight excluding hydrogens is 286 g/mol. The molecule has 0 atom stereocenters. The molecule has 5 heteroatoms. The van der Waals surface area contributed by atoms with Gasteiger partial charge in [-0.3, -0.25) is 0 Å². The highest BCUT2D eigenvalue weighted by atomic mass is 32.2. The number of hydrogen-bond donors (Lipinski definition) is 1. The molecule has 20 heavy (non-hydrogen) atoms. The zero-order valence-corrected chi connectivity index (χ0v) is 13.3. The van der Waals surface area contributed by atoms with Gasteiger partial charge in [0, 0.05) is 22.9 Å². The Kier molecular flexibility index (Phi) is 4.70. The van der Waals surface area contributed by atoms with Crippen LogP contribution in [0.4, 0.5) is 0 Å². The lowest BCUT2D eigenvalue weighted by Crippen LogP contribution is -2.17. The van der Waals surface area contributed by atoms with Crippen LogP contribution in [0.15, 0.2) is 29.2 Å². The van der Waals surface area contributed by atoms with Crippen molar-refractivity contribution < 1.29 is 0 Å². The fourth-order valence-corrected chi connectivity index (χ4v) is 3.70. The lowest BCUT2D eigenvalue weighted by molar-refractivity contribution is 0.643. The Bertz CT molecular complexity index is 564. The number of nitrogens with zero attached hydrogens (tertiary/aromatic N) is 2. The second-order valence-corrected chi connectivity index (χ2v) is 6.94. The van der Waals surface area contributed by atoms with Gasteiger partial charge in [-0.25, -0.2) is 0 Å². The first-order valence-electron chi connectivity index (χ1n) is 7.06. The number of nitrogens with one attached hydrogen (secondary N) is 1. The van der Waals surface area contributed by atoms with Crippen molar-refractivity contribution in [1.29, 1.82) is 0 Å². The number of hydrogen-bond acceptors (Lipinski definition) is 5. The molecule has 0 amide bonds. The maximum Gasteiger partial charge on any atom is 0.148 e. The zero-order valence-electron chi connectivity index (χ0n) is 11.6. The van der Waals surface area contributed by atoms with Crippen molar-refractivity contribution in [3.8, 4) is 10.6 Å². The van der Waals surface area contributed by atoms with E-state index < -0.39 is 0 Å². The van der Waals surface area contributed by atoms with Gasteiger partial charge in [0.25, 0.3) is 0 Å². The molecule has 2 aromatic rings. The third-order valence-electron chi connectivity index (χ3n) is 3.38. The van der Waals surface area contributed by atoms with E-state index in [1.165, 1.54) is 23.3 Å². The van der Waals surface area contributed by atoms with E-state index in [2.05, 4.69) is 46.0 Å². The molecule has 3 nitrogen and oxygen atoms in total. The summed E-state index contributed by atoms with van der Waals surface area (Å²) in [4.78, 5) is 1.27. The van der Waals surface area contributed by atoms with Gasteiger partial charge in [0.1, 0.15) is 10.0 Å². The SMILES string of the molecule is CSc1ccccc1-c1nnc(CCCNC2CC2)s1. The summed E-state index contributed by atoms with van der Waals surface area (Å²) in [6.07, 6.45) is 6.99. The fourth-order valence-electron chi connectivity index (χ4n) is 2.12. The average Bonchev–Trinajstić information content (AvgIpc) is 3.20. The quantitative estimate of drug-likeness (QED) is 0.626. The molecule has 0 aliphatic heterocycles. The number of aryl methyl sites for hydroxylation is 1. The highest BCUT2D eigenvalue weighted by Gasteiger charge is 2.19. The maximum atomic E-state index is 4.36. The molecule has 1 fully saturated rings. The minimum Gasteiger partial charge on any atom is -0.314 e. The van der Waals surface area contributed by atoms with Gasteiger partial charge >= 0.3 is 0 Å². The summed E-state index contributed by atoms with van der Waals surface area (Å²) < 4.78 is 0. The third kappa shape index (κ3) is 3.59. The molecule has 1 aromatic carbocycles. The Balaban J connectivity index is 1.60. The van der Waals surface area contributed by atoms with Gasteiger partial charge in [-0.05, 0) is 38.1 Å². The van der Waals surface area contributed by atoms with Crippen molar-refractivity contribution in [2.75, 3.05) is 12.8 Å². The molecule has 0 unspecified atom stereocenters. The van der Waals surface area contributed by atoms with Crippen molar-refractivity contribution in [2.24, 2.45) is 0 Å². The van der Waals surface area contributed by atoms with Gasteiger partial charge in [0.05, 0.1) is 0 Å². The molecule has 1 aliphatic carbocycles. The van der Waals surface area contributed by atoms with Crippen molar-refractivity contribution in [2.45, 2.75) is 36.6 Å². The van der Waals surface area contributed by atoms with E-state index in [-0.39, 0.29) is 0 Å². The predicted molar refractivity (Wildman–Crippen MR) is 86.5 cm³/mol. The predicted octanol–water partition coefficient (Wildman–Crippen LogP) is 3.61. The fraction of sp³-hybridized carbons (Fsp3) is 0.467. The molecule has 1 N–H and O–H groups in total. The van der Waals surface area contributed by atoms with Crippen LogP contribution in [-0.4, -0.2) is 29.0 Å². The Morgan fingerprint density at radius 2 is 2.15 bits per heavy atom. The molecule has 0 spiro atoms. The molecular formula is C15H19N3S2. The van der Waals surface area contributed by atoms with Crippen LogP contribution in [0.5, 0.6) is 0 Å². The smallest absolute Gasteiger partial charge is 0.148 e. The largest absolute Gasteiger partial charge is 0.314 e. The lowest BCUT2D eigenvalue weighted by Gasteiger charge is -2.02. The summed E-state index contributed by atoms with van der Waals surface area (Å²) in [7, 11) is 0. The van der Waals surface area contributed by atoms with E-state index in [1.807, 2.05) is 0 Å². The second-order valence-electron chi connectivity index (χ2n) is 5.03. The summed E-state index contributed by atoms with van der Waals surface area (Å²) in [6, 6.07) is 9.20. The van der Waals surface area contributed by atoms with Crippen molar-refractivity contribution in [3.05, 3.63) is 29.3 Å². The molecule has 1 heterocycles. The highest BCUT2D eigenvalue weighted by molar-refractivity contribution is 7.98. The first-order valence-corrected chi connectivity index (χ1v) is 9.10. The van der Waals surface area contributed by atoms with Crippen LogP contribution in [0.3, 0.4) is 0 Å². The maximum absolute atomic E-state index is 4.36. The number of aromatic nitrogens is 2. The molecule has 1 saturated carbocycles. The Morgan fingerprint density at radius 1 is 1.30 bits per heavy atom. The summed E-state index contributed by atoms with van der Waals surface area (Å²) in [5.74, 6) is 0.